The highest BCUT2D eigenvalue weighted by Crippen LogP contribution is 2.22. The summed E-state index contributed by atoms with van der Waals surface area (Å²) in [5.41, 5.74) is 2.94. The number of aromatic carboxylic acids is 1. The first-order valence-electron chi connectivity index (χ1n) is 5.70. The molecule has 0 unspecified atom stereocenters. The van der Waals surface area contributed by atoms with E-state index < -0.39 is 5.97 Å². The molecule has 0 aliphatic rings. The summed E-state index contributed by atoms with van der Waals surface area (Å²) in [6, 6.07) is 12.0. The van der Waals surface area contributed by atoms with Gasteiger partial charge in [-0.2, -0.15) is 0 Å². The van der Waals surface area contributed by atoms with Crippen molar-refractivity contribution in [2.24, 2.45) is 4.99 Å². The molecule has 19 heavy (non-hydrogen) atoms. The molecule has 0 heterocycles. The van der Waals surface area contributed by atoms with E-state index in [0.29, 0.717) is 5.02 Å². The summed E-state index contributed by atoms with van der Waals surface area (Å²) in [6.07, 6.45) is 1.70. The molecule has 0 spiro atoms. The maximum Gasteiger partial charge on any atom is 0.335 e. The van der Waals surface area contributed by atoms with Crippen LogP contribution >= 0.6 is 11.6 Å². The molecule has 2 rings (SSSR count). The molecule has 0 amide bonds. The zero-order valence-electron chi connectivity index (χ0n) is 10.3. The minimum absolute atomic E-state index is 0.264. The van der Waals surface area contributed by atoms with Crippen LogP contribution in [0.3, 0.4) is 0 Å². The lowest BCUT2D eigenvalue weighted by molar-refractivity contribution is 0.0697. The predicted molar refractivity (Wildman–Crippen MR) is 76.8 cm³/mol. The molecule has 2 aromatic carbocycles. The second-order valence-corrected chi connectivity index (χ2v) is 4.55. The van der Waals surface area contributed by atoms with E-state index in [9.17, 15) is 4.79 Å². The minimum Gasteiger partial charge on any atom is -0.478 e. The van der Waals surface area contributed by atoms with E-state index in [0.717, 1.165) is 16.8 Å². The van der Waals surface area contributed by atoms with Gasteiger partial charge in [0, 0.05) is 11.2 Å². The van der Waals surface area contributed by atoms with Crippen LogP contribution in [0, 0.1) is 6.92 Å². The van der Waals surface area contributed by atoms with Crippen LogP contribution in [-0.2, 0) is 0 Å². The van der Waals surface area contributed by atoms with Gasteiger partial charge in [0.05, 0.1) is 11.3 Å². The number of hydrogen-bond donors (Lipinski definition) is 1. The molecule has 0 radical (unpaired) electrons. The molecule has 0 saturated carbocycles. The highest BCUT2D eigenvalue weighted by molar-refractivity contribution is 6.30. The molecule has 1 N–H and O–H groups in total. The van der Waals surface area contributed by atoms with Crippen molar-refractivity contribution in [2.45, 2.75) is 6.92 Å². The second kappa shape index (κ2) is 5.67. The molecular weight excluding hydrogens is 262 g/mol. The Labute approximate surface area is 116 Å². The van der Waals surface area contributed by atoms with E-state index in [4.69, 9.17) is 16.7 Å². The smallest absolute Gasteiger partial charge is 0.335 e. The quantitative estimate of drug-likeness (QED) is 0.856. The SMILES string of the molecule is Cc1cc(Cl)ccc1/N=C/c1ccc(C(=O)O)cc1. The fourth-order valence-electron chi connectivity index (χ4n) is 1.62. The first-order chi connectivity index (χ1) is 9.06. The first kappa shape index (κ1) is 13.3. The Hall–Kier alpha value is -2.13. The van der Waals surface area contributed by atoms with Gasteiger partial charge in [-0.3, -0.25) is 4.99 Å². The number of benzene rings is 2. The largest absolute Gasteiger partial charge is 0.478 e. The number of aliphatic imine (C=N–C) groups is 1. The maximum atomic E-state index is 10.7. The third-order valence-corrected chi connectivity index (χ3v) is 2.90. The fourth-order valence-corrected chi connectivity index (χ4v) is 1.85. The fraction of sp³-hybridized carbons (Fsp3) is 0.0667. The number of carboxylic acid groups (broad SMARTS) is 1. The molecule has 2 aromatic rings. The Morgan fingerprint density at radius 1 is 1.21 bits per heavy atom. The normalized spacial score (nSPS) is 10.8. The van der Waals surface area contributed by atoms with Gasteiger partial charge in [0.15, 0.2) is 0 Å². The van der Waals surface area contributed by atoms with Crippen LogP contribution in [0.4, 0.5) is 5.69 Å². The van der Waals surface area contributed by atoms with Crippen molar-refractivity contribution in [1.29, 1.82) is 0 Å². The summed E-state index contributed by atoms with van der Waals surface area (Å²) in [6.45, 7) is 1.94. The van der Waals surface area contributed by atoms with Crippen molar-refractivity contribution in [3.63, 3.8) is 0 Å². The van der Waals surface area contributed by atoms with Gasteiger partial charge in [-0.25, -0.2) is 4.79 Å². The molecule has 0 saturated heterocycles. The standard InChI is InChI=1S/C15H12ClNO2/c1-10-8-13(16)6-7-14(10)17-9-11-2-4-12(5-3-11)15(18)19/h2-9H,1H3,(H,18,19)/b17-9+. The van der Waals surface area contributed by atoms with Gasteiger partial charge in [-0.05, 0) is 48.4 Å². The number of carbonyl (C=O) groups is 1. The number of nitrogens with zero attached hydrogens (tertiary/aromatic N) is 1. The van der Waals surface area contributed by atoms with Crippen molar-refractivity contribution >= 4 is 29.5 Å². The van der Waals surface area contributed by atoms with E-state index in [1.807, 2.05) is 19.1 Å². The van der Waals surface area contributed by atoms with Crippen LogP contribution < -0.4 is 0 Å². The Morgan fingerprint density at radius 2 is 1.89 bits per heavy atom. The van der Waals surface area contributed by atoms with Crippen molar-refractivity contribution in [1.82, 2.24) is 0 Å². The molecule has 4 heteroatoms. The van der Waals surface area contributed by atoms with Crippen molar-refractivity contribution in [3.05, 3.63) is 64.2 Å². The van der Waals surface area contributed by atoms with Gasteiger partial charge < -0.3 is 5.11 Å². The Balaban J connectivity index is 2.20. The van der Waals surface area contributed by atoms with Crippen molar-refractivity contribution < 1.29 is 9.90 Å². The van der Waals surface area contributed by atoms with Crippen LogP contribution in [0.15, 0.2) is 47.5 Å². The maximum absolute atomic E-state index is 10.7. The Morgan fingerprint density at radius 3 is 2.47 bits per heavy atom. The molecular formula is C15H12ClNO2. The molecule has 0 bridgehead atoms. The molecule has 0 fully saturated rings. The lowest BCUT2D eigenvalue weighted by atomic mass is 10.1. The van der Waals surface area contributed by atoms with Crippen LogP contribution in [0.2, 0.25) is 5.02 Å². The zero-order valence-corrected chi connectivity index (χ0v) is 11.1. The van der Waals surface area contributed by atoms with Gasteiger partial charge in [-0.15, -0.1) is 0 Å². The van der Waals surface area contributed by atoms with Gasteiger partial charge in [0.25, 0.3) is 0 Å². The molecule has 3 nitrogen and oxygen atoms in total. The van der Waals surface area contributed by atoms with Crippen LogP contribution in [0.25, 0.3) is 0 Å². The number of hydrogen-bond acceptors (Lipinski definition) is 2. The predicted octanol–water partition coefficient (Wildman–Crippen LogP) is 4.10. The third-order valence-electron chi connectivity index (χ3n) is 2.67. The van der Waals surface area contributed by atoms with Crippen molar-refractivity contribution in [3.8, 4) is 0 Å². The van der Waals surface area contributed by atoms with Gasteiger partial charge in [-0.1, -0.05) is 23.7 Å². The second-order valence-electron chi connectivity index (χ2n) is 4.12. The number of rotatable bonds is 3. The van der Waals surface area contributed by atoms with Crippen LogP contribution in [-0.4, -0.2) is 17.3 Å². The summed E-state index contributed by atoms with van der Waals surface area (Å²) >= 11 is 5.87. The summed E-state index contributed by atoms with van der Waals surface area (Å²) in [7, 11) is 0. The van der Waals surface area contributed by atoms with Gasteiger partial charge in [0.1, 0.15) is 0 Å². The molecule has 0 aromatic heterocycles. The van der Waals surface area contributed by atoms with E-state index in [2.05, 4.69) is 4.99 Å². The number of halogens is 1. The summed E-state index contributed by atoms with van der Waals surface area (Å²) in [4.78, 5) is 15.1. The monoisotopic (exact) mass is 273 g/mol. The van der Waals surface area contributed by atoms with Gasteiger partial charge in [0.2, 0.25) is 0 Å². The summed E-state index contributed by atoms with van der Waals surface area (Å²) < 4.78 is 0. The summed E-state index contributed by atoms with van der Waals surface area (Å²) in [5.74, 6) is -0.933. The van der Waals surface area contributed by atoms with E-state index in [1.165, 1.54) is 0 Å². The average Bonchev–Trinajstić information content (AvgIpc) is 2.38. The van der Waals surface area contributed by atoms with E-state index >= 15 is 0 Å². The number of aryl methyl sites for hydroxylation is 1. The van der Waals surface area contributed by atoms with Gasteiger partial charge >= 0.3 is 5.97 Å². The van der Waals surface area contributed by atoms with Crippen molar-refractivity contribution in [2.75, 3.05) is 0 Å². The van der Waals surface area contributed by atoms with Crippen LogP contribution in [0.1, 0.15) is 21.5 Å². The van der Waals surface area contributed by atoms with E-state index in [-0.39, 0.29) is 5.56 Å². The molecule has 0 atom stereocenters. The molecule has 0 aliphatic carbocycles. The molecule has 0 aliphatic heterocycles. The number of carboxylic acids is 1. The topological polar surface area (TPSA) is 49.7 Å². The highest BCUT2D eigenvalue weighted by Gasteiger charge is 2.00. The van der Waals surface area contributed by atoms with E-state index in [1.54, 1.807) is 36.5 Å². The molecule has 96 valence electrons. The minimum atomic E-state index is -0.933. The average molecular weight is 274 g/mol. The van der Waals surface area contributed by atoms with Crippen LogP contribution in [0.5, 0.6) is 0 Å². The highest BCUT2D eigenvalue weighted by atomic mass is 35.5. The zero-order chi connectivity index (χ0) is 13.8. The summed E-state index contributed by atoms with van der Waals surface area (Å²) in [5, 5.41) is 9.48. The Kier molecular flexibility index (Phi) is 3.97. The first-order valence-corrected chi connectivity index (χ1v) is 6.07. The lowest BCUT2D eigenvalue weighted by Crippen LogP contribution is -1.95. The Bertz CT molecular complexity index is 633. The third kappa shape index (κ3) is 3.42. The lowest BCUT2D eigenvalue weighted by Gasteiger charge is -2.00.